The number of hydrogen-bond donors (Lipinski definition) is 2. The number of hydrogen-bond acceptors (Lipinski definition) is 5. The van der Waals surface area contributed by atoms with Crippen molar-refractivity contribution in [2.24, 2.45) is 0 Å². The van der Waals surface area contributed by atoms with Gasteiger partial charge in [-0.25, -0.2) is 4.98 Å². The Labute approximate surface area is 132 Å². The molecule has 0 radical (unpaired) electrons. The number of oxazole rings is 1. The number of fused-ring (bicyclic) bond motifs is 1. The summed E-state index contributed by atoms with van der Waals surface area (Å²) in [5.41, 5.74) is 2.45. The van der Waals surface area contributed by atoms with Gasteiger partial charge >= 0.3 is 0 Å². The van der Waals surface area contributed by atoms with E-state index in [2.05, 4.69) is 10.3 Å². The van der Waals surface area contributed by atoms with Gasteiger partial charge in [0.05, 0.1) is 12.8 Å². The lowest BCUT2D eigenvalue weighted by atomic mass is 10.2. The highest BCUT2D eigenvalue weighted by molar-refractivity contribution is 6.05. The van der Waals surface area contributed by atoms with Crippen molar-refractivity contribution < 1.29 is 19.1 Å². The number of phenols is 1. The Kier molecular flexibility index (Phi) is 3.97. The van der Waals surface area contributed by atoms with Gasteiger partial charge in [0.15, 0.2) is 23.5 Å². The second-order valence-electron chi connectivity index (χ2n) is 4.76. The molecule has 0 aliphatic carbocycles. The van der Waals surface area contributed by atoms with E-state index in [9.17, 15) is 9.90 Å². The highest BCUT2D eigenvalue weighted by Gasteiger charge is 2.07. The highest BCUT2D eigenvalue weighted by atomic mass is 16.5. The van der Waals surface area contributed by atoms with Crippen molar-refractivity contribution in [2.45, 2.75) is 0 Å². The number of para-hydroxylation sites is 1. The van der Waals surface area contributed by atoms with Crippen molar-refractivity contribution in [2.75, 3.05) is 12.4 Å². The Bertz CT molecular complexity index is 883. The van der Waals surface area contributed by atoms with Crippen LogP contribution < -0.4 is 10.1 Å². The average Bonchev–Trinajstić information content (AvgIpc) is 3.03. The summed E-state index contributed by atoms with van der Waals surface area (Å²) in [7, 11) is 1.47. The van der Waals surface area contributed by atoms with E-state index in [1.165, 1.54) is 25.6 Å². The molecule has 1 aromatic heterocycles. The van der Waals surface area contributed by atoms with Gasteiger partial charge in [0.1, 0.15) is 5.52 Å². The maximum Gasteiger partial charge on any atom is 0.248 e. The topological polar surface area (TPSA) is 84.6 Å². The van der Waals surface area contributed by atoms with Gasteiger partial charge < -0.3 is 19.6 Å². The summed E-state index contributed by atoms with van der Waals surface area (Å²) in [4.78, 5) is 16.1. The molecule has 3 rings (SSSR count). The maximum atomic E-state index is 12.0. The number of anilines is 1. The summed E-state index contributed by atoms with van der Waals surface area (Å²) in [6.07, 6.45) is 4.30. The number of rotatable bonds is 4. The van der Waals surface area contributed by atoms with Gasteiger partial charge in [-0.15, -0.1) is 0 Å². The summed E-state index contributed by atoms with van der Waals surface area (Å²) < 4.78 is 10.2. The van der Waals surface area contributed by atoms with Gasteiger partial charge in [-0.3, -0.25) is 4.79 Å². The second-order valence-corrected chi connectivity index (χ2v) is 4.76. The molecule has 0 aliphatic rings. The van der Waals surface area contributed by atoms with Crippen molar-refractivity contribution >= 4 is 28.8 Å². The van der Waals surface area contributed by atoms with Crippen LogP contribution >= 0.6 is 0 Å². The normalized spacial score (nSPS) is 11.0. The molecule has 2 aromatic carbocycles. The minimum Gasteiger partial charge on any atom is -0.504 e. The van der Waals surface area contributed by atoms with Crippen LogP contribution in [0.3, 0.4) is 0 Å². The maximum absolute atomic E-state index is 12.0. The molecule has 6 nitrogen and oxygen atoms in total. The number of methoxy groups -OCH3 is 1. The van der Waals surface area contributed by atoms with E-state index in [4.69, 9.17) is 9.15 Å². The zero-order valence-electron chi connectivity index (χ0n) is 12.3. The van der Waals surface area contributed by atoms with E-state index in [0.29, 0.717) is 28.1 Å². The summed E-state index contributed by atoms with van der Waals surface area (Å²) >= 11 is 0. The Hall–Kier alpha value is -3.28. The Morgan fingerprint density at radius 3 is 3.00 bits per heavy atom. The molecule has 2 N–H and O–H groups in total. The number of ether oxygens (including phenoxy) is 1. The molecule has 6 heteroatoms. The Morgan fingerprint density at radius 2 is 2.22 bits per heavy atom. The van der Waals surface area contributed by atoms with Crippen LogP contribution in [0.4, 0.5) is 5.69 Å². The first kappa shape index (κ1) is 14.6. The number of carbonyl (C=O) groups is 1. The molecule has 23 heavy (non-hydrogen) atoms. The zero-order chi connectivity index (χ0) is 16.2. The van der Waals surface area contributed by atoms with Crippen LogP contribution in [-0.2, 0) is 4.79 Å². The molecular weight excluding hydrogens is 296 g/mol. The third-order valence-corrected chi connectivity index (χ3v) is 3.25. The van der Waals surface area contributed by atoms with Crippen molar-refractivity contribution in [3.63, 3.8) is 0 Å². The predicted molar refractivity (Wildman–Crippen MR) is 86.3 cm³/mol. The number of aromatic nitrogens is 1. The van der Waals surface area contributed by atoms with E-state index < -0.39 is 0 Å². The Balaban J connectivity index is 1.74. The summed E-state index contributed by atoms with van der Waals surface area (Å²) in [6.45, 7) is 0. The summed E-state index contributed by atoms with van der Waals surface area (Å²) in [6, 6.07) is 10.2. The van der Waals surface area contributed by atoms with Crippen LogP contribution in [0, 0.1) is 0 Å². The molecule has 0 saturated heterocycles. The fraction of sp³-hybridized carbons (Fsp3) is 0.0588. The fourth-order valence-corrected chi connectivity index (χ4v) is 2.14. The number of nitrogens with one attached hydrogen (secondary N) is 1. The van der Waals surface area contributed by atoms with Gasteiger partial charge in [0.25, 0.3) is 0 Å². The van der Waals surface area contributed by atoms with Crippen molar-refractivity contribution in [3.05, 3.63) is 54.4 Å². The van der Waals surface area contributed by atoms with Crippen LogP contribution in [0.15, 0.2) is 53.3 Å². The van der Waals surface area contributed by atoms with Crippen LogP contribution in [0.2, 0.25) is 0 Å². The molecule has 0 unspecified atom stereocenters. The number of carbonyl (C=O) groups excluding carboxylic acids is 1. The van der Waals surface area contributed by atoms with Crippen molar-refractivity contribution in [1.29, 1.82) is 0 Å². The number of benzene rings is 2. The lowest BCUT2D eigenvalue weighted by Gasteiger charge is -2.04. The molecule has 0 atom stereocenters. The average molecular weight is 310 g/mol. The molecule has 0 bridgehead atoms. The van der Waals surface area contributed by atoms with Gasteiger partial charge in [0, 0.05) is 6.08 Å². The minimum absolute atomic E-state index is 0.0161. The lowest BCUT2D eigenvalue weighted by Crippen LogP contribution is -2.08. The number of aromatic hydroxyl groups is 1. The first-order chi connectivity index (χ1) is 11.2. The van der Waals surface area contributed by atoms with Gasteiger partial charge in [-0.1, -0.05) is 12.1 Å². The largest absolute Gasteiger partial charge is 0.504 e. The summed E-state index contributed by atoms with van der Waals surface area (Å²) in [5.74, 6) is 0.0857. The first-order valence-electron chi connectivity index (χ1n) is 6.85. The first-order valence-corrected chi connectivity index (χ1v) is 6.85. The van der Waals surface area contributed by atoms with Crippen LogP contribution in [0.5, 0.6) is 11.5 Å². The monoisotopic (exact) mass is 310 g/mol. The van der Waals surface area contributed by atoms with Crippen molar-refractivity contribution in [3.8, 4) is 11.5 Å². The van der Waals surface area contributed by atoms with E-state index >= 15 is 0 Å². The van der Waals surface area contributed by atoms with E-state index in [0.717, 1.165) is 0 Å². The lowest BCUT2D eigenvalue weighted by molar-refractivity contribution is -0.111. The van der Waals surface area contributed by atoms with Crippen molar-refractivity contribution in [1.82, 2.24) is 4.98 Å². The fourth-order valence-electron chi connectivity index (χ4n) is 2.14. The van der Waals surface area contributed by atoms with Crippen LogP contribution in [-0.4, -0.2) is 23.1 Å². The molecule has 1 amide bonds. The molecule has 3 aromatic rings. The molecule has 116 valence electrons. The predicted octanol–water partition coefficient (Wildman–Crippen LogP) is 3.19. The standard InChI is InChI=1S/C17H14N2O4/c1-22-14-7-5-11(9-13(14)20)6-8-16(21)19-12-3-2-4-15-17(12)18-10-23-15/h2-10,20H,1H3,(H,19,21)/b8-6+. The van der Waals surface area contributed by atoms with E-state index in [1.54, 1.807) is 36.4 Å². The molecule has 0 fully saturated rings. The smallest absolute Gasteiger partial charge is 0.248 e. The number of nitrogens with zero attached hydrogens (tertiary/aromatic N) is 1. The zero-order valence-corrected chi connectivity index (χ0v) is 12.3. The molecule has 0 aliphatic heterocycles. The van der Waals surface area contributed by atoms with Crippen LogP contribution in [0.25, 0.3) is 17.2 Å². The molecule has 1 heterocycles. The van der Waals surface area contributed by atoms with Gasteiger partial charge in [-0.05, 0) is 35.9 Å². The van der Waals surface area contributed by atoms with E-state index in [-0.39, 0.29) is 11.7 Å². The molecular formula is C17H14N2O4. The van der Waals surface area contributed by atoms with Gasteiger partial charge in [0.2, 0.25) is 5.91 Å². The highest BCUT2D eigenvalue weighted by Crippen LogP contribution is 2.26. The molecule has 0 spiro atoms. The van der Waals surface area contributed by atoms with Gasteiger partial charge in [-0.2, -0.15) is 0 Å². The Morgan fingerprint density at radius 1 is 1.35 bits per heavy atom. The number of phenolic OH excluding ortho intramolecular Hbond substituents is 1. The van der Waals surface area contributed by atoms with E-state index in [1.807, 2.05) is 0 Å². The van der Waals surface area contributed by atoms with Crippen LogP contribution in [0.1, 0.15) is 5.56 Å². The summed E-state index contributed by atoms with van der Waals surface area (Å²) in [5, 5.41) is 12.5. The minimum atomic E-state index is -0.309. The second kappa shape index (κ2) is 6.23. The third kappa shape index (κ3) is 3.16. The number of amides is 1. The SMILES string of the molecule is COc1ccc(/C=C/C(=O)Nc2cccc3ocnc23)cc1O. The quantitative estimate of drug-likeness (QED) is 0.723. The molecule has 0 saturated carbocycles. The third-order valence-electron chi connectivity index (χ3n) is 3.25.